The van der Waals surface area contributed by atoms with Crippen LogP contribution in [0.25, 0.3) is 0 Å². The Balaban J connectivity index is 1.29. The number of fused-ring (bicyclic) bond motifs is 7. The lowest BCUT2D eigenvalue weighted by Gasteiger charge is -2.71. The molecule has 0 aromatic heterocycles. The number of carboxylic acid groups (broad SMARTS) is 1. The predicted octanol–water partition coefficient (Wildman–Crippen LogP) is 4.03. The van der Waals surface area contributed by atoms with Gasteiger partial charge in [-0.3, -0.25) is 9.59 Å². The number of carboxylic acids is 1. The Morgan fingerprint density at radius 3 is 2.27 bits per heavy atom. The molecule has 48 heavy (non-hydrogen) atoms. The van der Waals surface area contributed by atoms with Crippen LogP contribution in [0.1, 0.15) is 107 Å². The Labute approximate surface area is 286 Å². The number of amides is 1. The van der Waals surface area contributed by atoms with E-state index < -0.39 is 55.2 Å². The molecule has 10 heteroatoms. The van der Waals surface area contributed by atoms with Crippen LogP contribution in [-0.4, -0.2) is 86.9 Å². The maximum atomic E-state index is 12.5. The van der Waals surface area contributed by atoms with Crippen LogP contribution in [0, 0.1) is 56.7 Å². The monoisotopic (exact) mass is 675 g/mol. The number of aliphatic carboxylic acids is 1. The minimum absolute atomic E-state index is 0.0214. The van der Waals surface area contributed by atoms with E-state index in [4.69, 9.17) is 9.47 Å². The van der Waals surface area contributed by atoms with Crippen molar-refractivity contribution in [1.82, 2.24) is 5.32 Å². The molecule has 6 N–H and O–H groups in total. The lowest BCUT2D eigenvalue weighted by atomic mass is 9.34. The third-order valence-electron chi connectivity index (χ3n) is 15.3. The van der Waals surface area contributed by atoms with E-state index in [9.17, 15) is 35.1 Å². The van der Waals surface area contributed by atoms with Gasteiger partial charge in [0.15, 0.2) is 6.29 Å². The third-order valence-corrected chi connectivity index (χ3v) is 15.3. The summed E-state index contributed by atoms with van der Waals surface area (Å²) in [5, 5.41) is 56.1. The van der Waals surface area contributed by atoms with Crippen molar-refractivity contribution >= 4 is 11.9 Å². The number of hydrogen-bond acceptors (Lipinski definition) is 8. The molecule has 5 aliphatic carbocycles. The fourth-order valence-electron chi connectivity index (χ4n) is 12.9. The summed E-state index contributed by atoms with van der Waals surface area (Å²) in [4.78, 5) is 24.6. The first-order valence-corrected chi connectivity index (χ1v) is 18.4. The molecular weight excluding hydrogens is 614 g/mol. The Morgan fingerprint density at radius 2 is 1.65 bits per heavy atom. The Morgan fingerprint density at radius 1 is 0.958 bits per heavy atom. The molecule has 5 fully saturated rings. The lowest BCUT2D eigenvalue weighted by Crippen LogP contribution is -2.67. The number of hydrogen-bond donors (Lipinski definition) is 6. The number of carbonyl (C=O) groups is 2. The molecule has 0 spiro atoms. The second-order valence-electron chi connectivity index (χ2n) is 18.7. The Hall–Kier alpha value is -1.56. The maximum Gasteiger partial charge on any atom is 0.306 e. The maximum absolute atomic E-state index is 12.5. The molecule has 1 saturated heterocycles. The highest BCUT2D eigenvalue weighted by molar-refractivity contribution is 5.73. The normalized spacial score (nSPS) is 50.9. The molecule has 0 radical (unpaired) electrons. The van der Waals surface area contributed by atoms with Crippen molar-refractivity contribution in [2.75, 3.05) is 6.61 Å². The molecule has 1 heterocycles. The zero-order valence-corrected chi connectivity index (χ0v) is 30.2. The number of carbonyl (C=O) groups excluding carboxylic acids is 1. The molecule has 5 unspecified atom stereocenters. The van der Waals surface area contributed by atoms with Crippen molar-refractivity contribution in [3.05, 3.63) is 11.6 Å². The molecular formula is C38H61NO9. The van der Waals surface area contributed by atoms with Crippen molar-refractivity contribution in [3.63, 3.8) is 0 Å². The van der Waals surface area contributed by atoms with Gasteiger partial charge in [0.1, 0.15) is 24.4 Å². The highest BCUT2D eigenvalue weighted by Gasteiger charge is 2.69. The molecule has 6 rings (SSSR count). The fraction of sp³-hybridized carbons (Fsp3) is 0.895. The van der Waals surface area contributed by atoms with Gasteiger partial charge in [-0.2, -0.15) is 0 Å². The van der Waals surface area contributed by atoms with Gasteiger partial charge < -0.3 is 40.3 Å². The second-order valence-corrected chi connectivity index (χ2v) is 18.7. The largest absolute Gasteiger partial charge is 0.481 e. The number of allylic oxidation sites excluding steroid dienone is 2. The van der Waals surface area contributed by atoms with Gasteiger partial charge in [-0.15, -0.1) is 0 Å². The number of aliphatic hydroxyl groups is 4. The van der Waals surface area contributed by atoms with E-state index in [-0.39, 0.29) is 50.9 Å². The first-order chi connectivity index (χ1) is 22.2. The Kier molecular flexibility index (Phi) is 9.07. The standard InChI is InChI=1S/C38H61NO9/c1-19(41)39-29-31(44)30(43)24(18-40)47-33(29)48-27-12-13-36(6)25(35(27,4)5)11-14-37(7)26(36)10-9-22-20-15-34(2,3)16-21(32(45)46)28(20)23(42)17-38(22,37)8/h9,20-21,23-31,33,40,42-44H,10-18H2,1-8H3,(H,39,41)(H,45,46)/t20?,21-,23?,24-,25?,26?,27+,28?,29-,30-,31-,33+,36+,37-,38-/m1/s1. The highest BCUT2D eigenvalue weighted by atomic mass is 16.7. The summed E-state index contributed by atoms with van der Waals surface area (Å²) < 4.78 is 12.7. The average Bonchev–Trinajstić information content (AvgIpc) is 2.97. The number of ether oxygens (including phenoxy) is 2. The van der Waals surface area contributed by atoms with Crippen molar-refractivity contribution in [2.24, 2.45) is 56.7 Å². The van der Waals surface area contributed by atoms with E-state index in [0.717, 1.165) is 38.5 Å². The minimum Gasteiger partial charge on any atom is -0.481 e. The summed E-state index contributed by atoms with van der Waals surface area (Å²) in [7, 11) is 0. The van der Waals surface area contributed by atoms with Crippen LogP contribution in [0.4, 0.5) is 0 Å². The third kappa shape index (κ3) is 5.33. The SMILES string of the molecule is CC(=O)N[C@H]1[C@H](O[C@H]2CC[C@@]3(C)C(CC[C@]4(C)C3CC=C3C5CC(C)(C)C[C@@H](C(=O)O)C5C(O)C[C@]34C)C2(C)C)O[C@H](CO)[C@@H](O)[C@@H]1O. The van der Waals surface area contributed by atoms with Crippen molar-refractivity contribution < 1.29 is 44.6 Å². The summed E-state index contributed by atoms with van der Waals surface area (Å²) in [5.41, 5.74) is 0.655. The topological polar surface area (TPSA) is 166 Å². The molecule has 10 nitrogen and oxygen atoms in total. The minimum atomic E-state index is -1.36. The van der Waals surface area contributed by atoms with Crippen LogP contribution in [-0.2, 0) is 19.1 Å². The summed E-state index contributed by atoms with van der Waals surface area (Å²) in [6.45, 7) is 17.0. The summed E-state index contributed by atoms with van der Waals surface area (Å²) in [5.74, 6) is -1.21. The lowest BCUT2D eigenvalue weighted by molar-refractivity contribution is -0.307. The molecule has 0 bridgehead atoms. The van der Waals surface area contributed by atoms with Crippen LogP contribution < -0.4 is 5.32 Å². The van der Waals surface area contributed by atoms with Crippen LogP contribution in [0.15, 0.2) is 11.6 Å². The number of rotatable bonds is 5. The summed E-state index contributed by atoms with van der Waals surface area (Å²) in [6.07, 6.45) is 3.45. The van der Waals surface area contributed by atoms with Crippen LogP contribution in [0.2, 0.25) is 0 Å². The van der Waals surface area contributed by atoms with Crippen molar-refractivity contribution in [3.8, 4) is 0 Å². The van der Waals surface area contributed by atoms with Gasteiger partial charge >= 0.3 is 5.97 Å². The summed E-state index contributed by atoms with van der Waals surface area (Å²) >= 11 is 0. The molecule has 4 saturated carbocycles. The van der Waals surface area contributed by atoms with E-state index >= 15 is 0 Å². The zero-order chi connectivity index (χ0) is 35.4. The molecule has 0 aromatic rings. The van der Waals surface area contributed by atoms with Gasteiger partial charge in [0.05, 0.1) is 24.7 Å². The zero-order valence-electron chi connectivity index (χ0n) is 30.2. The first-order valence-electron chi connectivity index (χ1n) is 18.4. The predicted molar refractivity (Wildman–Crippen MR) is 178 cm³/mol. The quantitative estimate of drug-likeness (QED) is 0.186. The van der Waals surface area contributed by atoms with Crippen molar-refractivity contribution in [2.45, 2.75) is 150 Å². The smallest absolute Gasteiger partial charge is 0.306 e. The summed E-state index contributed by atoms with van der Waals surface area (Å²) in [6, 6.07) is -0.979. The van der Waals surface area contributed by atoms with Gasteiger partial charge in [-0.1, -0.05) is 60.1 Å². The molecule has 15 atom stereocenters. The van der Waals surface area contributed by atoms with Crippen molar-refractivity contribution in [1.29, 1.82) is 0 Å². The van der Waals surface area contributed by atoms with Gasteiger partial charge in [-0.25, -0.2) is 0 Å². The van der Waals surface area contributed by atoms with E-state index in [0.29, 0.717) is 24.7 Å². The molecule has 272 valence electrons. The van der Waals surface area contributed by atoms with Gasteiger partial charge in [0, 0.05) is 12.8 Å². The average molecular weight is 676 g/mol. The van der Waals surface area contributed by atoms with Crippen LogP contribution in [0.3, 0.4) is 0 Å². The van der Waals surface area contributed by atoms with Gasteiger partial charge in [0.25, 0.3) is 0 Å². The fourth-order valence-corrected chi connectivity index (χ4v) is 12.9. The highest BCUT2D eigenvalue weighted by Crippen LogP contribution is 2.75. The molecule has 1 aliphatic heterocycles. The number of nitrogens with one attached hydrogen (secondary N) is 1. The van der Waals surface area contributed by atoms with Gasteiger partial charge in [-0.05, 0) is 96.2 Å². The van der Waals surface area contributed by atoms with Gasteiger partial charge in [0.2, 0.25) is 5.91 Å². The number of aliphatic hydroxyl groups excluding tert-OH is 4. The second kappa shape index (κ2) is 12.0. The van der Waals surface area contributed by atoms with E-state index in [1.807, 2.05) is 0 Å². The first kappa shape index (κ1) is 36.2. The van der Waals surface area contributed by atoms with Crippen LogP contribution >= 0.6 is 0 Å². The molecule has 0 aromatic carbocycles. The molecule has 1 amide bonds. The Bertz CT molecular complexity index is 1310. The van der Waals surface area contributed by atoms with Crippen LogP contribution in [0.5, 0.6) is 0 Å². The molecule has 6 aliphatic rings. The van der Waals surface area contributed by atoms with E-state index in [1.165, 1.54) is 12.5 Å². The van der Waals surface area contributed by atoms with E-state index in [1.54, 1.807) is 0 Å². The van der Waals surface area contributed by atoms with E-state index in [2.05, 4.69) is 59.9 Å².